The molecule has 0 atom stereocenters. The van der Waals surface area contributed by atoms with E-state index >= 15 is 0 Å². The van der Waals surface area contributed by atoms with Crippen LogP contribution in [-0.2, 0) is 9.59 Å². The summed E-state index contributed by atoms with van der Waals surface area (Å²) >= 11 is 0. The van der Waals surface area contributed by atoms with Crippen LogP contribution in [0.5, 0.6) is 5.88 Å². The number of unbranched alkanes of at least 4 members (excludes halogenated alkanes) is 4. The van der Waals surface area contributed by atoms with Crippen LogP contribution in [-0.4, -0.2) is 28.6 Å². The molecule has 0 aliphatic carbocycles. The van der Waals surface area contributed by atoms with E-state index in [1.165, 1.54) is 0 Å². The van der Waals surface area contributed by atoms with Gasteiger partial charge in [0.2, 0.25) is 11.8 Å². The minimum Gasteiger partial charge on any atom is -0.481 e. The molecule has 6 heteroatoms. The molecule has 0 saturated heterocycles. The zero-order valence-corrected chi connectivity index (χ0v) is 20.5. The third-order valence-electron chi connectivity index (χ3n) is 5.29. The Labute approximate surface area is 208 Å². The molecule has 3 N–H and O–H groups in total. The number of benzene rings is 2. The molecule has 3 rings (SSSR count). The molecule has 1 aromatic heterocycles. The summed E-state index contributed by atoms with van der Waals surface area (Å²) in [6, 6.07) is 24.4. The van der Waals surface area contributed by atoms with Crippen molar-refractivity contribution < 1.29 is 19.4 Å². The molecule has 0 spiro atoms. The highest BCUT2D eigenvalue weighted by Gasteiger charge is 2.08. The van der Waals surface area contributed by atoms with Gasteiger partial charge in [0, 0.05) is 24.5 Å². The maximum Gasteiger partial charge on any atom is 0.303 e. The second kappa shape index (κ2) is 16.0. The van der Waals surface area contributed by atoms with E-state index in [-0.39, 0.29) is 5.91 Å². The highest BCUT2D eigenvalue weighted by molar-refractivity contribution is 5.73. The molecule has 0 aliphatic heterocycles. The van der Waals surface area contributed by atoms with Gasteiger partial charge in [-0.3, -0.25) is 9.59 Å². The van der Waals surface area contributed by atoms with Crippen molar-refractivity contribution in [2.24, 2.45) is 5.73 Å². The van der Waals surface area contributed by atoms with E-state index in [0.29, 0.717) is 25.3 Å². The molecular weight excluding hydrogens is 440 g/mol. The Morgan fingerprint density at radius 1 is 0.800 bits per heavy atom. The zero-order chi connectivity index (χ0) is 25.3. The number of carbonyl (C=O) groups excluding carboxylic acids is 1. The second-order valence-corrected chi connectivity index (χ2v) is 8.29. The van der Waals surface area contributed by atoms with Crippen molar-refractivity contribution in [1.82, 2.24) is 4.98 Å². The summed E-state index contributed by atoms with van der Waals surface area (Å²) < 4.78 is 5.91. The lowest BCUT2D eigenvalue weighted by molar-refractivity contribution is -0.137. The highest BCUT2D eigenvalue weighted by atomic mass is 16.5. The Hall–Kier alpha value is -3.67. The monoisotopic (exact) mass is 476 g/mol. The molecule has 186 valence electrons. The van der Waals surface area contributed by atoms with Crippen LogP contribution in [0.1, 0.15) is 58.3 Å². The first-order valence-corrected chi connectivity index (χ1v) is 12.3. The number of aliphatic carboxylic acids is 1. The average molecular weight is 477 g/mol. The number of hydrogen-bond acceptors (Lipinski definition) is 4. The number of carboxylic acids is 1. The van der Waals surface area contributed by atoms with Gasteiger partial charge in [0.15, 0.2) is 0 Å². The molecular formula is C29H36N2O4. The Bertz CT molecular complexity index is 966. The van der Waals surface area contributed by atoms with E-state index in [2.05, 4.69) is 30.1 Å². The number of aromatic nitrogens is 1. The number of ether oxygens (including phenoxy) is 1. The predicted molar refractivity (Wildman–Crippen MR) is 140 cm³/mol. The summed E-state index contributed by atoms with van der Waals surface area (Å²) in [5.74, 6) is -0.316. The first kappa shape index (κ1) is 27.6. The van der Waals surface area contributed by atoms with Crippen LogP contribution in [0.25, 0.3) is 22.4 Å². The molecule has 1 heterocycles. The fourth-order valence-corrected chi connectivity index (χ4v) is 3.41. The van der Waals surface area contributed by atoms with Crippen molar-refractivity contribution in [3.63, 3.8) is 0 Å². The first-order chi connectivity index (χ1) is 17.0. The quantitative estimate of drug-likeness (QED) is 0.274. The van der Waals surface area contributed by atoms with Crippen molar-refractivity contribution in [2.75, 3.05) is 6.61 Å². The van der Waals surface area contributed by atoms with Gasteiger partial charge in [0.1, 0.15) is 0 Å². The number of amides is 1. The minimum atomic E-state index is -0.682. The fraction of sp³-hybridized carbons (Fsp3) is 0.345. The molecule has 0 fully saturated rings. The molecule has 2 aromatic carbocycles. The van der Waals surface area contributed by atoms with Gasteiger partial charge in [-0.05, 0) is 42.9 Å². The van der Waals surface area contributed by atoms with Gasteiger partial charge in [-0.15, -0.1) is 0 Å². The minimum absolute atomic E-state index is 0.249. The number of carboxylic acid groups (broad SMARTS) is 1. The van der Waals surface area contributed by atoms with Crippen molar-refractivity contribution in [1.29, 1.82) is 0 Å². The van der Waals surface area contributed by atoms with Gasteiger partial charge in [-0.1, -0.05) is 80.4 Å². The Kier molecular flexibility index (Phi) is 12.6. The van der Waals surface area contributed by atoms with E-state index in [1.807, 2.05) is 54.6 Å². The molecule has 0 saturated carbocycles. The number of carbonyl (C=O) groups is 2. The van der Waals surface area contributed by atoms with Crippen LogP contribution in [0.4, 0.5) is 0 Å². The van der Waals surface area contributed by atoms with E-state index < -0.39 is 5.97 Å². The van der Waals surface area contributed by atoms with Crippen molar-refractivity contribution in [3.05, 3.63) is 72.8 Å². The van der Waals surface area contributed by atoms with Crippen LogP contribution in [0.3, 0.4) is 0 Å². The number of primary amides is 1. The maximum atomic E-state index is 10.8. The standard InChI is InChI=1S/C23H24N2O2.C6H12O2/c24-22(26)14-8-3-9-15-27-23-17-20(18-10-4-1-5-11-18)16-21(25-23)19-12-6-2-7-13-19;1-2-3-4-5-6(7)8/h1-2,4-7,10-13,16-17H,3,8-9,14-15H2,(H2,24,26);2-5H2,1H3,(H,7,8). The van der Waals surface area contributed by atoms with E-state index in [0.717, 1.165) is 60.9 Å². The van der Waals surface area contributed by atoms with Crippen LogP contribution >= 0.6 is 0 Å². The highest BCUT2D eigenvalue weighted by Crippen LogP contribution is 2.28. The number of nitrogens with zero attached hydrogens (tertiary/aromatic N) is 1. The van der Waals surface area contributed by atoms with Gasteiger partial charge in [0.25, 0.3) is 0 Å². The van der Waals surface area contributed by atoms with Crippen molar-refractivity contribution >= 4 is 11.9 Å². The predicted octanol–water partition coefficient (Wildman–Crippen LogP) is 6.49. The summed E-state index contributed by atoms with van der Waals surface area (Å²) in [7, 11) is 0. The van der Waals surface area contributed by atoms with Crippen LogP contribution in [0, 0.1) is 0 Å². The topological polar surface area (TPSA) is 103 Å². The van der Waals surface area contributed by atoms with E-state index in [1.54, 1.807) is 0 Å². The molecule has 0 aliphatic rings. The maximum absolute atomic E-state index is 10.8. The largest absolute Gasteiger partial charge is 0.481 e. The van der Waals surface area contributed by atoms with Crippen molar-refractivity contribution in [3.8, 4) is 28.3 Å². The van der Waals surface area contributed by atoms with Crippen LogP contribution in [0.2, 0.25) is 0 Å². The third kappa shape index (κ3) is 11.3. The first-order valence-electron chi connectivity index (χ1n) is 12.3. The SMILES string of the molecule is CCCCCC(=O)O.NC(=O)CCCCCOc1cc(-c2ccccc2)cc(-c2ccccc2)n1. The van der Waals surface area contributed by atoms with Crippen LogP contribution in [0.15, 0.2) is 72.8 Å². The van der Waals surface area contributed by atoms with Gasteiger partial charge < -0.3 is 15.6 Å². The molecule has 0 bridgehead atoms. The fourth-order valence-electron chi connectivity index (χ4n) is 3.41. The van der Waals surface area contributed by atoms with E-state index in [4.69, 9.17) is 15.6 Å². The lowest BCUT2D eigenvalue weighted by atomic mass is 10.0. The van der Waals surface area contributed by atoms with Crippen molar-refractivity contribution in [2.45, 2.75) is 58.3 Å². The third-order valence-corrected chi connectivity index (χ3v) is 5.29. The second-order valence-electron chi connectivity index (χ2n) is 8.29. The summed E-state index contributed by atoms with van der Waals surface area (Å²) in [5.41, 5.74) is 9.31. The average Bonchev–Trinajstić information content (AvgIpc) is 2.87. The molecule has 3 aromatic rings. The Morgan fingerprint density at radius 2 is 1.43 bits per heavy atom. The number of nitrogens with two attached hydrogens (primary N) is 1. The number of rotatable bonds is 13. The van der Waals surface area contributed by atoms with Gasteiger partial charge in [-0.2, -0.15) is 0 Å². The lowest BCUT2D eigenvalue weighted by Gasteiger charge is -2.11. The summed E-state index contributed by atoms with van der Waals surface area (Å²) in [4.78, 5) is 25.3. The molecule has 1 amide bonds. The molecule has 0 unspecified atom stereocenters. The summed E-state index contributed by atoms with van der Waals surface area (Å²) in [6.07, 6.45) is 6.28. The van der Waals surface area contributed by atoms with Gasteiger partial charge in [-0.25, -0.2) is 4.98 Å². The van der Waals surface area contributed by atoms with E-state index in [9.17, 15) is 9.59 Å². The number of hydrogen-bond donors (Lipinski definition) is 2. The smallest absolute Gasteiger partial charge is 0.303 e. The summed E-state index contributed by atoms with van der Waals surface area (Å²) in [6.45, 7) is 2.63. The zero-order valence-electron chi connectivity index (χ0n) is 20.5. The van der Waals surface area contributed by atoms with Gasteiger partial charge in [0.05, 0.1) is 12.3 Å². The van der Waals surface area contributed by atoms with Gasteiger partial charge >= 0.3 is 5.97 Å². The molecule has 0 radical (unpaired) electrons. The normalized spacial score (nSPS) is 10.2. The Balaban J connectivity index is 0.000000466. The Morgan fingerprint density at radius 3 is 2.03 bits per heavy atom. The molecule has 6 nitrogen and oxygen atoms in total. The van der Waals surface area contributed by atoms with Crippen LogP contribution < -0.4 is 10.5 Å². The lowest BCUT2D eigenvalue weighted by Crippen LogP contribution is -2.09. The molecule has 35 heavy (non-hydrogen) atoms. The summed E-state index contributed by atoms with van der Waals surface area (Å²) in [5, 5.41) is 8.14. The number of pyridine rings is 1.